The molecule has 3 unspecified atom stereocenters. The molecule has 1 aromatic rings. The number of hydrogen-bond donors (Lipinski definition) is 1. The molecule has 1 aliphatic rings. The summed E-state index contributed by atoms with van der Waals surface area (Å²) in [6.07, 6.45) is 0.224. The average Bonchev–Trinajstić information content (AvgIpc) is 2.41. The minimum atomic E-state index is -0.311. The third-order valence-corrected chi connectivity index (χ3v) is 3.81. The first kappa shape index (κ1) is 15.9. The molecule has 3 atom stereocenters. The monoisotopic (exact) mass is 294 g/mol. The summed E-state index contributed by atoms with van der Waals surface area (Å²) in [5, 5.41) is 2.78. The molecule has 2 rings (SSSR count). The molecule has 5 heteroatoms. The summed E-state index contributed by atoms with van der Waals surface area (Å²) in [6.45, 7) is 9.01. The number of nitrogens with zero attached hydrogens (tertiary/aromatic N) is 1. The van der Waals surface area contributed by atoms with Gasteiger partial charge in [-0.2, -0.15) is 0 Å². The van der Waals surface area contributed by atoms with E-state index in [-0.39, 0.29) is 30.0 Å². The van der Waals surface area contributed by atoms with Crippen molar-refractivity contribution in [3.8, 4) is 0 Å². The van der Waals surface area contributed by atoms with Crippen molar-refractivity contribution >= 4 is 11.6 Å². The van der Waals surface area contributed by atoms with E-state index in [1.807, 2.05) is 20.8 Å². The van der Waals surface area contributed by atoms with Crippen molar-refractivity contribution in [2.75, 3.05) is 18.4 Å². The first-order valence-corrected chi connectivity index (χ1v) is 7.33. The van der Waals surface area contributed by atoms with Crippen LogP contribution in [0.5, 0.6) is 0 Å². The molecule has 1 heterocycles. The van der Waals surface area contributed by atoms with E-state index < -0.39 is 0 Å². The van der Waals surface area contributed by atoms with Gasteiger partial charge in [0.2, 0.25) is 5.91 Å². The fourth-order valence-electron chi connectivity index (χ4n) is 2.62. The Morgan fingerprint density at radius 3 is 2.57 bits per heavy atom. The number of hydrogen-bond acceptors (Lipinski definition) is 3. The molecule has 0 saturated carbocycles. The van der Waals surface area contributed by atoms with Crippen molar-refractivity contribution in [2.24, 2.45) is 0 Å². The molecule has 1 amide bonds. The van der Waals surface area contributed by atoms with Gasteiger partial charge in [0.25, 0.3) is 0 Å². The van der Waals surface area contributed by atoms with E-state index in [0.29, 0.717) is 11.3 Å². The summed E-state index contributed by atoms with van der Waals surface area (Å²) in [4.78, 5) is 14.4. The van der Waals surface area contributed by atoms with Crippen LogP contribution in [0.2, 0.25) is 0 Å². The lowest BCUT2D eigenvalue weighted by Gasteiger charge is -2.38. The van der Waals surface area contributed by atoms with Crippen LogP contribution >= 0.6 is 0 Å². The number of halogens is 1. The van der Waals surface area contributed by atoms with E-state index in [0.717, 1.165) is 13.1 Å². The fraction of sp³-hybridized carbons (Fsp3) is 0.562. The Labute approximate surface area is 125 Å². The second-order valence-corrected chi connectivity index (χ2v) is 5.84. The molecule has 116 valence electrons. The number of ether oxygens (including phenoxy) is 1. The van der Waals surface area contributed by atoms with Gasteiger partial charge in [-0.3, -0.25) is 9.69 Å². The topological polar surface area (TPSA) is 41.6 Å². The number of anilines is 1. The summed E-state index contributed by atoms with van der Waals surface area (Å²) in [6, 6.07) is 4.45. The maximum atomic E-state index is 13.5. The molecule has 4 nitrogen and oxygen atoms in total. The number of morpholine rings is 1. The van der Waals surface area contributed by atoms with Gasteiger partial charge >= 0.3 is 0 Å². The van der Waals surface area contributed by atoms with E-state index >= 15 is 0 Å². The predicted octanol–water partition coefficient (Wildman–Crippen LogP) is 2.57. The maximum absolute atomic E-state index is 13.5. The molecular formula is C16H23FN2O2. The van der Waals surface area contributed by atoms with Crippen molar-refractivity contribution in [3.63, 3.8) is 0 Å². The molecule has 21 heavy (non-hydrogen) atoms. The van der Waals surface area contributed by atoms with Gasteiger partial charge in [0, 0.05) is 18.8 Å². The Balaban J connectivity index is 2.00. The quantitative estimate of drug-likeness (QED) is 0.931. The number of aryl methyl sites for hydroxylation is 1. The second kappa shape index (κ2) is 6.54. The smallest absolute Gasteiger partial charge is 0.241 e. The molecule has 1 aliphatic heterocycles. The van der Waals surface area contributed by atoms with Crippen LogP contribution in [0.3, 0.4) is 0 Å². The van der Waals surface area contributed by atoms with Crippen LogP contribution in [0.1, 0.15) is 26.3 Å². The van der Waals surface area contributed by atoms with Crippen LogP contribution in [0.15, 0.2) is 18.2 Å². The lowest BCUT2D eigenvalue weighted by Crippen LogP contribution is -2.52. The van der Waals surface area contributed by atoms with Gasteiger partial charge in [0.1, 0.15) is 5.82 Å². The summed E-state index contributed by atoms with van der Waals surface area (Å²) in [5.74, 6) is -0.436. The van der Waals surface area contributed by atoms with E-state index in [4.69, 9.17) is 4.74 Å². The molecule has 0 radical (unpaired) electrons. The highest BCUT2D eigenvalue weighted by Gasteiger charge is 2.29. The molecule has 0 spiro atoms. The summed E-state index contributed by atoms with van der Waals surface area (Å²) in [5.41, 5.74) is 1.06. The largest absolute Gasteiger partial charge is 0.373 e. The van der Waals surface area contributed by atoms with E-state index in [1.54, 1.807) is 19.1 Å². The number of nitrogens with one attached hydrogen (secondary N) is 1. The molecule has 1 saturated heterocycles. The Morgan fingerprint density at radius 1 is 1.38 bits per heavy atom. The minimum absolute atomic E-state index is 0.112. The zero-order valence-electron chi connectivity index (χ0n) is 13.0. The molecule has 0 bridgehead atoms. The van der Waals surface area contributed by atoms with E-state index in [9.17, 15) is 9.18 Å². The highest BCUT2D eigenvalue weighted by Crippen LogP contribution is 2.17. The standard InChI is InChI=1S/C16H23FN2O2/c1-10-5-6-14(7-15(10)17)18-16(20)13(4)19-8-11(2)21-12(3)9-19/h5-7,11-13H,8-9H2,1-4H3,(H,18,20). The van der Waals surface area contributed by atoms with Crippen LogP contribution in [0.25, 0.3) is 0 Å². The fourth-order valence-corrected chi connectivity index (χ4v) is 2.62. The van der Waals surface area contributed by atoms with E-state index in [2.05, 4.69) is 10.2 Å². The highest BCUT2D eigenvalue weighted by atomic mass is 19.1. The average molecular weight is 294 g/mol. The number of rotatable bonds is 3. The Bertz CT molecular complexity index is 511. The van der Waals surface area contributed by atoms with Crippen LogP contribution < -0.4 is 5.32 Å². The van der Waals surface area contributed by atoms with Gasteiger partial charge in [-0.05, 0) is 45.4 Å². The van der Waals surface area contributed by atoms with Gasteiger partial charge in [-0.25, -0.2) is 4.39 Å². The Morgan fingerprint density at radius 2 is 2.00 bits per heavy atom. The first-order valence-electron chi connectivity index (χ1n) is 7.33. The Hall–Kier alpha value is -1.46. The van der Waals surface area contributed by atoms with Gasteiger partial charge in [0.15, 0.2) is 0 Å². The van der Waals surface area contributed by atoms with E-state index in [1.165, 1.54) is 6.07 Å². The maximum Gasteiger partial charge on any atom is 0.241 e. The molecular weight excluding hydrogens is 271 g/mol. The summed E-state index contributed by atoms with van der Waals surface area (Å²) < 4.78 is 19.2. The second-order valence-electron chi connectivity index (χ2n) is 5.84. The third-order valence-electron chi connectivity index (χ3n) is 3.81. The zero-order chi connectivity index (χ0) is 15.6. The van der Waals surface area contributed by atoms with Crippen molar-refractivity contribution in [1.82, 2.24) is 4.90 Å². The van der Waals surface area contributed by atoms with Crippen LogP contribution in [-0.2, 0) is 9.53 Å². The number of benzene rings is 1. The van der Waals surface area contributed by atoms with Crippen molar-refractivity contribution < 1.29 is 13.9 Å². The number of carbonyl (C=O) groups is 1. The number of amides is 1. The summed E-state index contributed by atoms with van der Waals surface area (Å²) in [7, 11) is 0. The lowest BCUT2D eigenvalue weighted by atomic mass is 10.1. The minimum Gasteiger partial charge on any atom is -0.373 e. The Kier molecular flexibility index (Phi) is 4.96. The van der Waals surface area contributed by atoms with Gasteiger partial charge < -0.3 is 10.1 Å². The molecule has 1 N–H and O–H groups in total. The van der Waals surface area contributed by atoms with Crippen molar-refractivity contribution in [2.45, 2.75) is 45.9 Å². The highest BCUT2D eigenvalue weighted by molar-refractivity contribution is 5.94. The summed E-state index contributed by atoms with van der Waals surface area (Å²) >= 11 is 0. The molecule has 0 aromatic heterocycles. The first-order chi connectivity index (χ1) is 9.86. The lowest BCUT2D eigenvalue weighted by molar-refractivity contribution is -0.126. The third kappa shape index (κ3) is 4.02. The predicted molar refractivity (Wildman–Crippen MR) is 80.8 cm³/mol. The van der Waals surface area contributed by atoms with Crippen LogP contribution in [0, 0.1) is 12.7 Å². The molecule has 1 aromatic carbocycles. The van der Waals surface area contributed by atoms with Crippen LogP contribution in [-0.4, -0.2) is 42.1 Å². The SMILES string of the molecule is Cc1ccc(NC(=O)C(C)N2CC(C)OC(C)C2)cc1F. The van der Waals surface area contributed by atoms with Gasteiger partial charge in [-0.15, -0.1) is 0 Å². The van der Waals surface area contributed by atoms with Gasteiger partial charge in [0.05, 0.1) is 18.2 Å². The zero-order valence-corrected chi connectivity index (χ0v) is 13.0. The van der Waals surface area contributed by atoms with Crippen molar-refractivity contribution in [1.29, 1.82) is 0 Å². The molecule has 0 aliphatic carbocycles. The van der Waals surface area contributed by atoms with Gasteiger partial charge in [-0.1, -0.05) is 6.07 Å². The van der Waals surface area contributed by atoms with Crippen molar-refractivity contribution in [3.05, 3.63) is 29.6 Å². The molecule has 1 fully saturated rings. The normalized spacial score (nSPS) is 24.6. The van der Waals surface area contributed by atoms with Crippen LogP contribution in [0.4, 0.5) is 10.1 Å². The number of carbonyl (C=O) groups excluding carboxylic acids is 1.